The Bertz CT molecular complexity index is 611. The summed E-state index contributed by atoms with van der Waals surface area (Å²) >= 11 is 1.30. The number of urea groups is 1. The third-order valence-electron chi connectivity index (χ3n) is 3.56. The summed E-state index contributed by atoms with van der Waals surface area (Å²) in [6.07, 6.45) is 1.17. The number of hydrogen-bond donors (Lipinski definition) is 3. The highest BCUT2D eigenvalue weighted by molar-refractivity contribution is 7.18. The summed E-state index contributed by atoms with van der Waals surface area (Å²) in [5.74, 6) is 0. The van der Waals surface area contributed by atoms with Crippen molar-refractivity contribution < 1.29 is 9.90 Å². The van der Waals surface area contributed by atoms with Crippen LogP contribution in [0.1, 0.15) is 26.7 Å². The van der Waals surface area contributed by atoms with Gasteiger partial charge in [0.15, 0.2) is 0 Å². The normalized spacial score (nSPS) is 11.2. The van der Waals surface area contributed by atoms with Crippen LogP contribution in [0.4, 0.5) is 9.93 Å². The second-order valence-electron chi connectivity index (χ2n) is 5.02. The van der Waals surface area contributed by atoms with Crippen LogP contribution in [0.3, 0.4) is 0 Å². The van der Waals surface area contributed by atoms with Crippen molar-refractivity contribution in [3.63, 3.8) is 0 Å². The van der Waals surface area contributed by atoms with Crippen molar-refractivity contribution in [2.24, 2.45) is 0 Å². The summed E-state index contributed by atoms with van der Waals surface area (Å²) < 4.78 is 0. The molecule has 118 valence electrons. The number of nitrogens with one attached hydrogen (secondary N) is 2. The van der Waals surface area contributed by atoms with Crippen LogP contribution in [0, 0.1) is 0 Å². The van der Waals surface area contributed by atoms with Gasteiger partial charge in [0.25, 0.3) is 0 Å². The number of nitrogens with zero attached hydrogens (tertiary/aromatic N) is 2. The zero-order valence-electron chi connectivity index (χ0n) is 12.7. The summed E-state index contributed by atoms with van der Waals surface area (Å²) in [7, 11) is 0. The molecule has 0 atom stereocenters. The predicted octanol–water partition coefficient (Wildman–Crippen LogP) is 2.88. The van der Waals surface area contributed by atoms with Crippen molar-refractivity contribution in [1.29, 1.82) is 0 Å². The third kappa shape index (κ3) is 4.25. The highest BCUT2D eigenvalue weighted by atomic mass is 32.1. The molecule has 0 radical (unpaired) electrons. The zero-order chi connectivity index (χ0) is 16.0. The van der Waals surface area contributed by atoms with Gasteiger partial charge in [-0.3, -0.25) is 5.32 Å². The van der Waals surface area contributed by atoms with E-state index in [1.165, 1.54) is 11.3 Å². The number of amides is 2. The lowest BCUT2D eigenvalue weighted by Gasteiger charge is -2.25. The quantitative estimate of drug-likeness (QED) is 0.764. The molecule has 0 aliphatic heterocycles. The lowest BCUT2D eigenvalue weighted by atomic mass is 9.98. The molecule has 0 saturated heterocycles. The van der Waals surface area contributed by atoms with Crippen LogP contribution < -0.4 is 10.6 Å². The average molecular weight is 320 g/mol. The van der Waals surface area contributed by atoms with Gasteiger partial charge < -0.3 is 10.4 Å². The number of anilines is 1. The smallest absolute Gasteiger partial charge is 0.321 e. The van der Waals surface area contributed by atoms with Crippen LogP contribution in [0.25, 0.3) is 10.6 Å². The Morgan fingerprint density at radius 2 is 1.91 bits per heavy atom. The van der Waals surface area contributed by atoms with Crippen molar-refractivity contribution in [1.82, 2.24) is 15.5 Å². The molecule has 0 bridgehead atoms. The summed E-state index contributed by atoms with van der Waals surface area (Å²) in [4.78, 5) is 11.8. The first-order valence-electron chi connectivity index (χ1n) is 7.22. The molecule has 0 spiro atoms. The highest BCUT2D eigenvalue weighted by Gasteiger charge is 2.22. The van der Waals surface area contributed by atoms with Gasteiger partial charge >= 0.3 is 6.03 Å². The number of aliphatic hydroxyl groups is 1. The molecule has 2 rings (SSSR count). The molecular formula is C15H20N4O2S. The molecule has 1 aromatic heterocycles. The van der Waals surface area contributed by atoms with Gasteiger partial charge in [0, 0.05) is 12.1 Å². The molecule has 0 unspecified atom stereocenters. The van der Waals surface area contributed by atoms with Crippen molar-refractivity contribution in [3.05, 3.63) is 30.3 Å². The van der Waals surface area contributed by atoms with E-state index in [2.05, 4.69) is 20.8 Å². The number of rotatable bonds is 6. The summed E-state index contributed by atoms with van der Waals surface area (Å²) in [6.45, 7) is 3.98. The maximum absolute atomic E-state index is 11.8. The Morgan fingerprint density at radius 1 is 1.23 bits per heavy atom. The molecule has 0 fully saturated rings. The molecule has 22 heavy (non-hydrogen) atoms. The Kier molecular flexibility index (Phi) is 5.46. The Morgan fingerprint density at radius 3 is 2.55 bits per heavy atom. The van der Waals surface area contributed by atoms with Gasteiger partial charge in [-0.1, -0.05) is 55.5 Å². The summed E-state index contributed by atoms with van der Waals surface area (Å²) in [5.41, 5.74) is 0.0908. The fourth-order valence-electron chi connectivity index (χ4n) is 1.86. The minimum Gasteiger partial charge on any atom is -0.388 e. The molecule has 1 heterocycles. The van der Waals surface area contributed by atoms with Gasteiger partial charge in [-0.05, 0) is 12.8 Å². The molecule has 0 saturated carbocycles. The number of carbonyl (C=O) groups is 1. The molecule has 0 aliphatic rings. The highest BCUT2D eigenvalue weighted by Crippen LogP contribution is 2.25. The first kappa shape index (κ1) is 16.4. The number of aromatic nitrogens is 2. The molecule has 2 aromatic rings. The first-order chi connectivity index (χ1) is 10.6. The largest absolute Gasteiger partial charge is 0.388 e. The van der Waals surface area contributed by atoms with Gasteiger partial charge in [0.2, 0.25) is 5.13 Å². The van der Waals surface area contributed by atoms with E-state index in [1.807, 2.05) is 44.2 Å². The molecule has 1 aromatic carbocycles. The van der Waals surface area contributed by atoms with Crippen LogP contribution in [-0.4, -0.2) is 33.5 Å². The Hall–Kier alpha value is -1.99. The Labute approximate surface area is 133 Å². The minimum atomic E-state index is -0.867. The van der Waals surface area contributed by atoms with Crippen LogP contribution in [0.5, 0.6) is 0 Å². The zero-order valence-corrected chi connectivity index (χ0v) is 13.5. The molecule has 6 nitrogen and oxygen atoms in total. The van der Waals surface area contributed by atoms with Gasteiger partial charge in [-0.25, -0.2) is 4.79 Å². The molecule has 3 N–H and O–H groups in total. The second-order valence-corrected chi connectivity index (χ2v) is 6.00. The number of hydrogen-bond acceptors (Lipinski definition) is 5. The van der Waals surface area contributed by atoms with E-state index in [-0.39, 0.29) is 6.54 Å². The van der Waals surface area contributed by atoms with E-state index in [9.17, 15) is 9.90 Å². The van der Waals surface area contributed by atoms with E-state index in [4.69, 9.17) is 0 Å². The molecule has 2 amide bonds. The van der Waals surface area contributed by atoms with Crippen molar-refractivity contribution in [2.75, 3.05) is 11.9 Å². The van der Waals surface area contributed by atoms with Gasteiger partial charge in [-0.15, -0.1) is 10.2 Å². The topological polar surface area (TPSA) is 87.1 Å². The molecule has 0 aliphatic carbocycles. The van der Waals surface area contributed by atoms with Gasteiger partial charge in [0.05, 0.1) is 5.60 Å². The van der Waals surface area contributed by atoms with Crippen molar-refractivity contribution in [3.8, 4) is 10.6 Å². The molecule has 7 heteroatoms. The fourth-order valence-corrected chi connectivity index (χ4v) is 2.60. The van der Waals surface area contributed by atoms with E-state index < -0.39 is 11.6 Å². The SMILES string of the molecule is CCC(O)(CC)CNC(=O)Nc1nnc(-c2ccccc2)s1. The Balaban J connectivity index is 1.92. The maximum atomic E-state index is 11.8. The van der Waals surface area contributed by atoms with E-state index in [0.717, 1.165) is 10.6 Å². The van der Waals surface area contributed by atoms with Crippen LogP contribution in [0.2, 0.25) is 0 Å². The average Bonchev–Trinajstić information content (AvgIpc) is 3.02. The predicted molar refractivity (Wildman–Crippen MR) is 87.9 cm³/mol. The second kappa shape index (κ2) is 7.33. The third-order valence-corrected chi connectivity index (χ3v) is 4.45. The van der Waals surface area contributed by atoms with E-state index >= 15 is 0 Å². The van der Waals surface area contributed by atoms with E-state index in [1.54, 1.807) is 0 Å². The monoisotopic (exact) mass is 320 g/mol. The van der Waals surface area contributed by atoms with Crippen molar-refractivity contribution in [2.45, 2.75) is 32.3 Å². The lowest BCUT2D eigenvalue weighted by molar-refractivity contribution is 0.0354. The number of benzene rings is 1. The van der Waals surface area contributed by atoms with Crippen LogP contribution in [-0.2, 0) is 0 Å². The fraction of sp³-hybridized carbons (Fsp3) is 0.400. The van der Waals surface area contributed by atoms with Gasteiger partial charge in [0.1, 0.15) is 5.01 Å². The maximum Gasteiger partial charge on any atom is 0.321 e. The minimum absolute atomic E-state index is 0.205. The van der Waals surface area contributed by atoms with Gasteiger partial charge in [-0.2, -0.15) is 0 Å². The van der Waals surface area contributed by atoms with Crippen LogP contribution in [0.15, 0.2) is 30.3 Å². The molecular weight excluding hydrogens is 300 g/mol. The van der Waals surface area contributed by atoms with E-state index in [0.29, 0.717) is 18.0 Å². The lowest BCUT2D eigenvalue weighted by Crippen LogP contribution is -2.43. The number of carbonyl (C=O) groups excluding carboxylic acids is 1. The van der Waals surface area contributed by atoms with Crippen LogP contribution >= 0.6 is 11.3 Å². The summed E-state index contributed by atoms with van der Waals surface area (Å²) in [5, 5.41) is 24.6. The standard InChI is InChI=1S/C15H20N4O2S/c1-3-15(21,4-2)10-16-13(20)17-14-19-18-12(22-14)11-8-6-5-7-9-11/h5-9,21H,3-4,10H2,1-2H3,(H2,16,17,19,20). The first-order valence-corrected chi connectivity index (χ1v) is 8.04. The van der Waals surface area contributed by atoms with Crippen molar-refractivity contribution >= 4 is 22.5 Å². The summed E-state index contributed by atoms with van der Waals surface area (Å²) in [6, 6.07) is 9.26.